The van der Waals surface area contributed by atoms with Crippen LogP contribution in [-0.2, 0) is 12.8 Å². The standard InChI is InChI=1S/C13H12ClFOS/c14-13-6-5-11(17-13)8-10(16)7-9-3-1-2-4-12(9)15/h1-6,10,16H,7-8H2. The summed E-state index contributed by atoms with van der Waals surface area (Å²) in [5.74, 6) is -0.268. The lowest BCUT2D eigenvalue weighted by atomic mass is 10.0. The van der Waals surface area contributed by atoms with Crippen molar-refractivity contribution in [3.63, 3.8) is 0 Å². The molecule has 2 aromatic rings. The quantitative estimate of drug-likeness (QED) is 0.898. The Bertz CT molecular complexity index is 498. The number of rotatable bonds is 4. The van der Waals surface area contributed by atoms with Gasteiger partial charge in [-0.05, 0) is 23.8 Å². The first-order valence-electron chi connectivity index (χ1n) is 5.31. The minimum atomic E-state index is -0.582. The van der Waals surface area contributed by atoms with Gasteiger partial charge in [-0.15, -0.1) is 11.3 Å². The van der Waals surface area contributed by atoms with Gasteiger partial charge in [0, 0.05) is 17.7 Å². The largest absolute Gasteiger partial charge is 0.392 e. The highest BCUT2D eigenvalue weighted by Crippen LogP contribution is 2.23. The number of benzene rings is 1. The molecule has 1 aromatic heterocycles. The average Bonchev–Trinajstić information content (AvgIpc) is 2.67. The van der Waals surface area contributed by atoms with Crippen molar-refractivity contribution < 1.29 is 9.50 Å². The van der Waals surface area contributed by atoms with E-state index < -0.39 is 6.10 Å². The number of hydrogen-bond acceptors (Lipinski definition) is 2. The number of aliphatic hydroxyl groups excluding tert-OH is 1. The van der Waals surface area contributed by atoms with Crippen molar-refractivity contribution in [3.05, 3.63) is 57.0 Å². The average molecular weight is 271 g/mol. The summed E-state index contributed by atoms with van der Waals surface area (Å²) in [6.45, 7) is 0. The molecular formula is C13H12ClFOS. The highest BCUT2D eigenvalue weighted by molar-refractivity contribution is 7.16. The molecule has 0 aliphatic heterocycles. The van der Waals surface area contributed by atoms with Gasteiger partial charge in [-0.2, -0.15) is 0 Å². The molecular weight excluding hydrogens is 259 g/mol. The summed E-state index contributed by atoms with van der Waals surface area (Å²) in [4.78, 5) is 1.01. The predicted octanol–water partition coefficient (Wildman–Crippen LogP) is 3.69. The van der Waals surface area contributed by atoms with E-state index in [0.29, 0.717) is 22.7 Å². The second kappa shape index (κ2) is 5.63. The van der Waals surface area contributed by atoms with E-state index in [0.717, 1.165) is 4.88 Å². The fourth-order valence-corrected chi connectivity index (χ4v) is 2.84. The van der Waals surface area contributed by atoms with Gasteiger partial charge in [-0.3, -0.25) is 0 Å². The van der Waals surface area contributed by atoms with Crippen molar-refractivity contribution in [1.29, 1.82) is 0 Å². The van der Waals surface area contributed by atoms with Crippen LogP contribution in [0, 0.1) is 5.82 Å². The van der Waals surface area contributed by atoms with Gasteiger partial charge in [0.25, 0.3) is 0 Å². The Morgan fingerprint density at radius 2 is 1.94 bits per heavy atom. The molecule has 1 heterocycles. The third-order valence-corrected chi connectivity index (χ3v) is 3.73. The van der Waals surface area contributed by atoms with E-state index in [1.807, 2.05) is 6.07 Å². The summed E-state index contributed by atoms with van der Waals surface area (Å²) in [6.07, 6.45) is 0.245. The van der Waals surface area contributed by atoms with Crippen molar-refractivity contribution in [2.75, 3.05) is 0 Å². The maximum Gasteiger partial charge on any atom is 0.126 e. The predicted molar refractivity (Wildman–Crippen MR) is 69.1 cm³/mol. The molecule has 0 aliphatic rings. The molecule has 4 heteroatoms. The molecule has 2 rings (SSSR count). The first-order valence-corrected chi connectivity index (χ1v) is 6.50. The van der Waals surface area contributed by atoms with E-state index in [2.05, 4.69) is 0 Å². The smallest absolute Gasteiger partial charge is 0.126 e. The lowest BCUT2D eigenvalue weighted by Gasteiger charge is -2.09. The summed E-state index contributed by atoms with van der Waals surface area (Å²) in [5, 5.41) is 9.89. The molecule has 0 fully saturated rings. The summed E-state index contributed by atoms with van der Waals surface area (Å²) >= 11 is 7.25. The summed E-state index contributed by atoms with van der Waals surface area (Å²) < 4.78 is 14.1. The fraction of sp³-hybridized carbons (Fsp3) is 0.231. The third kappa shape index (κ3) is 3.53. The van der Waals surface area contributed by atoms with Gasteiger partial charge in [-0.25, -0.2) is 4.39 Å². The van der Waals surface area contributed by atoms with Crippen LogP contribution in [0.1, 0.15) is 10.4 Å². The van der Waals surface area contributed by atoms with Gasteiger partial charge in [-0.1, -0.05) is 29.8 Å². The number of aliphatic hydroxyl groups is 1. The molecule has 0 bridgehead atoms. The van der Waals surface area contributed by atoms with Crippen LogP contribution < -0.4 is 0 Å². The minimum Gasteiger partial charge on any atom is -0.392 e. The fourth-order valence-electron chi connectivity index (χ4n) is 1.68. The SMILES string of the molecule is OC(Cc1ccc(Cl)s1)Cc1ccccc1F. The summed E-state index contributed by atoms with van der Waals surface area (Å²) in [5.41, 5.74) is 0.544. The molecule has 0 saturated carbocycles. The van der Waals surface area contributed by atoms with Crippen LogP contribution in [0.5, 0.6) is 0 Å². The van der Waals surface area contributed by atoms with Gasteiger partial charge in [0.2, 0.25) is 0 Å². The van der Waals surface area contributed by atoms with E-state index >= 15 is 0 Å². The van der Waals surface area contributed by atoms with Crippen LogP contribution in [-0.4, -0.2) is 11.2 Å². The Balaban J connectivity index is 1.98. The van der Waals surface area contributed by atoms with Crippen LogP contribution >= 0.6 is 22.9 Å². The van der Waals surface area contributed by atoms with Crippen molar-refractivity contribution in [1.82, 2.24) is 0 Å². The zero-order chi connectivity index (χ0) is 12.3. The van der Waals surface area contributed by atoms with Crippen molar-refractivity contribution in [3.8, 4) is 0 Å². The minimum absolute atomic E-state index is 0.268. The first-order chi connectivity index (χ1) is 8.15. The molecule has 0 radical (unpaired) electrons. The van der Waals surface area contributed by atoms with Crippen molar-refractivity contribution in [2.45, 2.75) is 18.9 Å². The molecule has 0 aliphatic carbocycles. The lowest BCUT2D eigenvalue weighted by molar-refractivity contribution is 0.175. The molecule has 0 amide bonds. The second-order valence-corrected chi connectivity index (χ2v) is 5.66. The Morgan fingerprint density at radius 3 is 2.59 bits per heavy atom. The number of halogens is 2. The topological polar surface area (TPSA) is 20.2 Å². The van der Waals surface area contributed by atoms with Crippen LogP contribution in [0.4, 0.5) is 4.39 Å². The Labute approximate surface area is 108 Å². The number of thiophene rings is 1. The van der Waals surface area contributed by atoms with E-state index in [9.17, 15) is 9.50 Å². The van der Waals surface area contributed by atoms with Gasteiger partial charge in [0.15, 0.2) is 0 Å². The van der Waals surface area contributed by atoms with Gasteiger partial charge >= 0.3 is 0 Å². The lowest BCUT2D eigenvalue weighted by Crippen LogP contribution is -2.14. The molecule has 1 unspecified atom stereocenters. The molecule has 17 heavy (non-hydrogen) atoms. The third-order valence-electron chi connectivity index (χ3n) is 2.48. The highest BCUT2D eigenvalue weighted by Gasteiger charge is 2.11. The molecule has 1 atom stereocenters. The Kier molecular flexibility index (Phi) is 4.15. The van der Waals surface area contributed by atoms with Crippen LogP contribution in [0.15, 0.2) is 36.4 Å². The van der Waals surface area contributed by atoms with Crippen LogP contribution in [0.2, 0.25) is 4.34 Å². The normalized spacial score (nSPS) is 12.6. The Hall–Kier alpha value is -0.900. The number of hydrogen-bond donors (Lipinski definition) is 1. The molecule has 90 valence electrons. The summed E-state index contributed by atoms with van der Waals surface area (Å²) in [6, 6.07) is 10.2. The molecule has 1 N–H and O–H groups in total. The molecule has 1 aromatic carbocycles. The van der Waals surface area contributed by atoms with Crippen LogP contribution in [0.25, 0.3) is 0 Å². The zero-order valence-corrected chi connectivity index (χ0v) is 10.6. The highest BCUT2D eigenvalue weighted by atomic mass is 35.5. The molecule has 0 saturated heterocycles. The van der Waals surface area contributed by atoms with E-state index in [-0.39, 0.29) is 5.82 Å². The zero-order valence-electron chi connectivity index (χ0n) is 9.07. The van der Waals surface area contributed by atoms with E-state index in [4.69, 9.17) is 11.6 Å². The summed E-state index contributed by atoms with van der Waals surface area (Å²) in [7, 11) is 0. The maximum atomic E-state index is 13.4. The van der Waals surface area contributed by atoms with Crippen LogP contribution in [0.3, 0.4) is 0 Å². The van der Waals surface area contributed by atoms with Crippen molar-refractivity contribution >= 4 is 22.9 Å². The Morgan fingerprint density at radius 1 is 1.18 bits per heavy atom. The monoisotopic (exact) mass is 270 g/mol. The first kappa shape index (κ1) is 12.6. The van der Waals surface area contributed by atoms with Gasteiger partial charge < -0.3 is 5.11 Å². The molecule has 0 spiro atoms. The van der Waals surface area contributed by atoms with Gasteiger partial charge in [0.1, 0.15) is 5.82 Å². The molecule has 1 nitrogen and oxygen atoms in total. The van der Waals surface area contributed by atoms with E-state index in [1.165, 1.54) is 17.4 Å². The van der Waals surface area contributed by atoms with Crippen molar-refractivity contribution in [2.24, 2.45) is 0 Å². The maximum absolute atomic E-state index is 13.4. The second-order valence-electron chi connectivity index (χ2n) is 3.86. The van der Waals surface area contributed by atoms with E-state index in [1.54, 1.807) is 24.3 Å². The van der Waals surface area contributed by atoms with Gasteiger partial charge in [0.05, 0.1) is 10.4 Å².